The van der Waals surface area contributed by atoms with Crippen molar-refractivity contribution in [3.05, 3.63) is 101 Å². The third-order valence-electron chi connectivity index (χ3n) is 6.71. The Hall–Kier alpha value is -4.48. The Labute approximate surface area is 247 Å². The average molecular weight is 605 g/mol. The summed E-state index contributed by atoms with van der Waals surface area (Å²) in [5.74, 6) is -0.0569. The van der Waals surface area contributed by atoms with Gasteiger partial charge in [0.25, 0.3) is 0 Å². The van der Waals surface area contributed by atoms with Crippen molar-refractivity contribution in [1.82, 2.24) is 4.57 Å². The van der Waals surface area contributed by atoms with Gasteiger partial charge in [0.15, 0.2) is 5.03 Å². The monoisotopic (exact) mass is 604 g/mol. The maximum atomic E-state index is 14.3. The van der Waals surface area contributed by atoms with Gasteiger partial charge in [-0.15, -0.1) is 0 Å². The zero-order valence-electron chi connectivity index (χ0n) is 23.1. The van der Waals surface area contributed by atoms with Gasteiger partial charge in [0.05, 0.1) is 36.8 Å². The number of sulfone groups is 1. The van der Waals surface area contributed by atoms with Gasteiger partial charge in [0, 0.05) is 5.22 Å². The first-order chi connectivity index (χ1) is 20.2. The number of rotatable bonds is 8. The Bertz CT molecular complexity index is 1880. The predicted octanol–water partition coefficient (Wildman–Crippen LogP) is 3.55. The van der Waals surface area contributed by atoms with Crippen LogP contribution in [0.2, 0.25) is 0 Å². The van der Waals surface area contributed by atoms with E-state index in [2.05, 4.69) is 0 Å². The lowest BCUT2D eigenvalue weighted by atomic mass is 10.1. The molecule has 1 aliphatic heterocycles. The summed E-state index contributed by atoms with van der Waals surface area (Å²) in [6.07, 6.45) is 1.64. The maximum absolute atomic E-state index is 14.3. The van der Waals surface area contributed by atoms with Gasteiger partial charge in [-0.1, -0.05) is 54.2 Å². The number of carbonyl (C=O) groups excluding carboxylic acids is 2. The van der Waals surface area contributed by atoms with E-state index in [1.807, 2.05) is 0 Å². The van der Waals surface area contributed by atoms with Crippen molar-refractivity contribution in [3.8, 4) is 11.5 Å². The van der Waals surface area contributed by atoms with E-state index in [1.54, 1.807) is 86.8 Å². The largest absolute Gasteiger partial charge is 0.497 e. The quantitative estimate of drug-likeness (QED) is 0.301. The molecule has 0 radical (unpaired) electrons. The number of nitrogens with zero attached hydrogens (tertiary/aromatic N) is 1. The molecule has 0 fully saturated rings. The van der Waals surface area contributed by atoms with Gasteiger partial charge >= 0.3 is 5.97 Å². The molecular weight excluding hydrogens is 576 g/mol. The maximum Gasteiger partial charge on any atom is 0.346 e. The second-order valence-electron chi connectivity index (χ2n) is 9.21. The molecule has 4 aromatic rings. The second-order valence-corrected chi connectivity index (χ2v) is 12.2. The molecule has 2 N–H and O–H groups in total. The lowest BCUT2D eigenvalue weighted by Gasteiger charge is -2.24. The predicted molar refractivity (Wildman–Crippen MR) is 161 cm³/mol. The van der Waals surface area contributed by atoms with Crippen molar-refractivity contribution in [2.75, 3.05) is 26.6 Å². The second kappa shape index (κ2) is 11.8. The number of thioether (sulfide) groups is 1. The highest BCUT2D eigenvalue weighted by Crippen LogP contribution is 2.41. The topological polar surface area (TPSA) is 127 Å². The van der Waals surface area contributed by atoms with E-state index in [9.17, 15) is 18.0 Å². The molecule has 3 aromatic carbocycles. The lowest BCUT2D eigenvalue weighted by molar-refractivity contribution is -0.135. The molecule has 0 unspecified atom stereocenters. The number of methoxy groups -OCH3 is 2. The number of ether oxygens (including phenoxy) is 3. The Morgan fingerprint density at radius 1 is 0.952 bits per heavy atom. The van der Waals surface area contributed by atoms with Crippen molar-refractivity contribution < 1.29 is 32.2 Å². The molecule has 0 spiro atoms. The fraction of sp³-hybridized carbons (Fsp3) is 0.161. The summed E-state index contributed by atoms with van der Waals surface area (Å²) < 4.78 is 45.2. The molecule has 0 saturated heterocycles. The first kappa shape index (κ1) is 29.0. The minimum Gasteiger partial charge on any atom is -0.497 e. The van der Waals surface area contributed by atoms with Crippen LogP contribution in [0, 0.1) is 0 Å². The lowest BCUT2D eigenvalue weighted by Crippen LogP contribution is -2.42. The van der Waals surface area contributed by atoms with E-state index >= 15 is 0 Å². The van der Waals surface area contributed by atoms with Crippen LogP contribution in [0.3, 0.4) is 0 Å². The summed E-state index contributed by atoms with van der Waals surface area (Å²) in [5.41, 5.74) is 7.68. The number of anilines is 1. The average Bonchev–Trinajstić information content (AvgIpc) is 3.31. The molecule has 0 saturated carbocycles. The molecule has 0 aliphatic carbocycles. The number of nitrogen functional groups attached to an aromatic ring is 1. The highest BCUT2D eigenvalue weighted by atomic mass is 32.2. The van der Waals surface area contributed by atoms with Gasteiger partial charge in [0.2, 0.25) is 15.7 Å². The van der Waals surface area contributed by atoms with E-state index in [0.29, 0.717) is 22.6 Å². The van der Waals surface area contributed by atoms with Crippen molar-refractivity contribution in [2.45, 2.75) is 22.1 Å². The fourth-order valence-electron chi connectivity index (χ4n) is 4.68. The van der Waals surface area contributed by atoms with Gasteiger partial charge in [-0.25, -0.2) is 13.2 Å². The van der Waals surface area contributed by atoms with Gasteiger partial charge < -0.3 is 19.9 Å². The standard InChI is InChI=1S/C31H28N2O7S2/c1-4-40-31(35)28-26-24(18-19-10-14-21(38-2)15-11-19)25(32)30(42(36,37)23-8-6-5-7-9-23)33(26)29(34)27(41-28)20-12-16-22(39-3)17-13-20/h5-18,27H,4,32H2,1-3H3/b24-18+/t27-/m1/s1. The zero-order chi connectivity index (χ0) is 30.0. The Balaban J connectivity index is 1.88. The van der Waals surface area contributed by atoms with Crippen LogP contribution in [0.15, 0.2) is 88.8 Å². The molecule has 0 amide bonds. The van der Waals surface area contributed by atoms with Crippen LogP contribution >= 0.6 is 11.8 Å². The van der Waals surface area contributed by atoms with Crippen LogP contribution in [0.4, 0.5) is 5.69 Å². The van der Waals surface area contributed by atoms with Crippen molar-refractivity contribution in [2.24, 2.45) is 0 Å². The zero-order valence-corrected chi connectivity index (χ0v) is 24.7. The molecule has 2 heterocycles. The van der Waals surface area contributed by atoms with Crippen molar-refractivity contribution >= 4 is 50.1 Å². The molecule has 0 bridgehead atoms. The third-order valence-corrected chi connectivity index (χ3v) is 9.82. The molecule has 42 heavy (non-hydrogen) atoms. The number of aromatic nitrogens is 1. The number of carbonyl (C=O) groups is 2. The number of fused-ring (bicyclic) bond motifs is 1. The van der Waals surface area contributed by atoms with E-state index in [1.165, 1.54) is 19.2 Å². The number of hydrogen-bond acceptors (Lipinski definition) is 9. The van der Waals surface area contributed by atoms with Crippen LogP contribution in [0.1, 0.15) is 28.1 Å². The Kier molecular flexibility index (Phi) is 8.15. The highest BCUT2D eigenvalue weighted by molar-refractivity contribution is 8.10. The molecule has 216 valence electrons. The van der Waals surface area contributed by atoms with E-state index in [-0.39, 0.29) is 32.7 Å². The van der Waals surface area contributed by atoms with Crippen molar-refractivity contribution in [1.29, 1.82) is 0 Å². The van der Waals surface area contributed by atoms with Gasteiger partial charge in [0.1, 0.15) is 21.7 Å². The highest BCUT2D eigenvalue weighted by Gasteiger charge is 2.40. The van der Waals surface area contributed by atoms with E-state index < -0.39 is 32.0 Å². The molecule has 5 rings (SSSR count). The van der Waals surface area contributed by atoms with Crippen LogP contribution in [0.5, 0.6) is 11.5 Å². The molecule has 9 nitrogen and oxygen atoms in total. The summed E-state index contributed by atoms with van der Waals surface area (Å²) >= 11 is 0.997. The Morgan fingerprint density at radius 2 is 1.55 bits per heavy atom. The summed E-state index contributed by atoms with van der Waals surface area (Å²) in [6, 6.07) is 21.5. The fourth-order valence-corrected chi connectivity index (χ4v) is 7.44. The molecule has 1 atom stereocenters. The van der Waals surface area contributed by atoms with Gasteiger partial charge in [-0.2, -0.15) is 0 Å². The van der Waals surface area contributed by atoms with E-state index in [0.717, 1.165) is 16.3 Å². The number of esters is 1. The summed E-state index contributed by atoms with van der Waals surface area (Å²) in [5, 5.41) is -1.09. The molecule has 1 aliphatic rings. The van der Waals surface area contributed by atoms with Gasteiger partial charge in [-0.3, -0.25) is 9.36 Å². The summed E-state index contributed by atoms with van der Waals surface area (Å²) in [4.78, 5) is 27.7. The normalized spacial score (nSPS) is 15.3. The molecule has 11 heteroatoms. The van der Waals surface area contributed by atoms with Crippen LogP contribution in [-0.2, 0) is 19.4 Å². The number of hydrogen-bond donors (Lipinski definition) is 1. The number of benzene rings is 3. The number of nitrogens with two attached hydrogens (primary N) is 1. The Morgan fingerprint density at radius 3 is 2.12 bits per heavy atom. The van der Waals surface area contributed by atoms with Crippen molar-refractivity contribution in [3.63, 3.8) is 0 Å². The SMILES string of the molecule is CCOC(=O)C1=c2/c(=C/c3ccc(OC)cc3)c(N)c(S(=O)(=O)c3ccccc3)n2C(=O)[C@@H](c2ccc(OC)cc2)S1. The summed E-state index contributed by atoms with van der Waals surface area (Å²) in [7, 11) is -1.25. The third kappa shape index (κ3) is 5.17. The summed E-state index contributed by atoms with van der Waals surface area (Å²) in [6.45, 7) is 1.74. The molecular formula is C31H28N2O7S2. The van der Waals surface area contributed by atoms with E-state index in [4.69, 9.17) is 19.9 Å². The van der Waals surface area contributed by atoms with Crippen LogP contribution < -0.4 is 25.8 Å². The smallest absolute Gasteiger partial charge is 0.346 e. The molecule has 1 aromatic heterocycles. The minimum absolute atomic E-state index is 0.0438. The minimum atomic E-state index is -4.32. The first-order valence-corrected chi connectivity index (χ1v) is 15.3. The first-order valence-electron chi connectivity index (χ1n) is 12.9. The van der Waals surface area contributed by atoms with Crippen LogP contribution in [-0.4, -0.2) is 45.7 Å². The van der Waals surface area contributed by atoms with Gasteiger partial charge in [-0.05, 0) is 60.5 Å². The van der Waals surface area contributed by atoms with Crippen LogP contribution in [0.25, 0.3) is 11.0 Å².